The number of hydrogen-bond donors (Lipinski definition) is 2. The molecule has 4 nitrogen and oxygen atoms in total. The molecule has 0 aliphatic carbocycles. The second-order valence-electron chi connectivity index (χ2n) is 3.77. The SMILES string of the molecule is NCc1cc(=O)c(OCc2ccccc2F)c[nH]1. The van der Waals surface area contributed by atoms with Gasteiger partial charge in [0.25, 0.3) is 0 Å². The summed E-state index contributed by atoms with van der Waals surface area (Å²) < 4.78 is 18.6. The lowest BCUT2D eigenvalue weighted by Crippen LogP contribution is -2.11. The molecule has 0 bridgehead atoms. The average Bonchev–Trinajstić information content (AvgIpc) is 2.39. The van der Waals surface area contributed by atoms with Gasteiger partial charge in [0.1, 0.15) is 12.4 Å². The lowest BCUT2D eigenvalue weighted by atomic mass is 10.2. The Bertz CT molecular complexity index is 596. The van der Waals surface area contributed by atoms with Crippen LogP contribution in [0, 0.1) is 5.82 Å². The van der Waals surface area contributed by atoms with Crippen molar-refractivity contribution in [2.75, 3.05) is 0 Å². The summed E-state index contributed by atoms with van der Waals surface area (Å²) >= 11 is 0. The predicted octanol–water partition coefficient (Wildman–Crippen LogP) is 1.55. The molecule has 18 heavy (non-hydrogen) atoms. The second-order valence-corrected chi connectivity index (χ2v) is 3.77. The van der Waals surface area contributed by atoms with Gasteiger partial charge in [-0.1, -0.05) is 18.2 Å². The number of halogens is 1. The van der Waals surface area contributed by atoms with Crippen molar-refractivity contribution >= 4 is 0 Å². The van der Waals surface area contributed by atoms with Gasteiger partial charge < -0.3 is 15.5 Å². The number of nitrogens with two attached hydrogens (primary N) is 1. The molecule has 0 aliphatic heterocycles. The van der Waals surface area contributed by atoms with Gasteiger partial charge in [0.2, 0.25) is 5.43 Å². The smallest absolute Gasteiger partial charge is 0.223 e. The summed E-state index contributed by atoms with van der Waals surface area (Å²) in [6.45, 7) is 0.264. The normalized spacial score (nSPS) is 10.3. The van der Waals surface area contributed by atoms with Crippen molar-refractivity contribution in [2.45, 2.75) is 13.2 Å². The summed E-state index contributed by atoms with van der Waals surface area (Å²) in [5, 5.41) is 0. The maximum absolute atomic E-state index is 13.3. The van der Waals surface area contributed by atoms with Crippen molar-refractivity contribution in [3.05, 3.63) is 63.8 Å². The zero-order chi connectivity index (χ0) is 13.0. The Labute approximate surface area is 103 Å². The summed E-state index contributed by atoms with van der Waals surface area (Å²) in [6.07, 6.45) is 1.44. The Hall–Kier alpha value is -2.14. The number of pyridine rings is 1. The predicted molar refractivity (Wildman–Crippen MR) is 65.7 cm³/mol. The molecule has 0 atom stereocenters. The monoisotopic (exact) mass is 248 g/mol. The molecule has 0 unspecified atom stereocenters. The highest BCUT2D eigenvalue weighted by Gasteiger charge is 2.05. The van der Waals surface area contributed by atoms with Gasteiger partial charge in [-0.2, -0.15) is 0 Å². The molecule has 0 saturated carbocycles. The number of hydrogen-bond acceptors (Lipinski definition) is 3. The van der Waals surface area contributed by atoms with Crippen LogP contribution < -0.4 is 15.9 Å². The fourth-order valence-corrected chi connectivity index (χ4v) is 1.50. The van der Waals surface area contributed by atoms with Gasteiger partial charge in [-0.05, 0) is 6.07 Å². The minimum Gasteiger partial charge on any atom is -0.483 e. The van der Waals surface area contributed by atoms with E-state index in [1.165, 1.54) is 18.3 Å². The van der Waals surface area contributed by atoms with E-state index in [0.717, 1.165) is 0 Å². The number of aromatic nitrogens is 1. The van der Waals surface area contributed by atoms with Gasteiger partial charge in [0.15, 0.2) is 5.75 Å². The Morgan fingerprint density at radius 3 is 2.78 bits per heavy atom. The number of rotatable bonds is 4. The van der Waals surface area contributed by atoms with Crippen LogP contribution in [0.1, 0.15) is 11.3 Å². The summed E-state index contributed by atoms with van der Waals surface area (Å²) in [5.41, 5.74) is 6.15. The number of aromatic amines is 1. The standard InChI is InChI=1S/C13H13FN2O2/c14-11-4-2-1-3-9(11)8-18-13-7-16-10(6-15)5-12(13)17/h1-5,7H,6,8,15H2,(H,16,17). The lowest BCUT2D eigenvalue weighted by Gasteiger charge is -2.06. The van der Waals surface area contributed by atoms with Gasteiger partial charge in [0.05, 0.1) is 0 Å². The third-order valence-corrected chi connectivity index (χ3v) is 2.50. The van der Waals surface area contributed by atoms with Crippen molar-refractivity contribution in [1.29, 1.82) is 0 Å². The van der Waals surface area contributed by atoms with Crippen molar-refractivity contribution in [3.63, 3.8) is 0 Å². The van der Waals surface area contributed by atoms with Gasteiger partial charge in [-0.3, -0.25) is 4.79 Å². The third kappa shape index (κ3) is 2.75. The van der Waals surface area contributed by atoms with Gasteiger partial charge in [-0.25, -0.2) is 4.39 Å². The number of nitrogens with one attached hydrogen (secondary N) is 1. The first kappa shape index (κ1) is 12.3. The number of ether oxygens (including phenoxy) is 1. The maximum atomic E-state index is 13.3. The highest BCUT2D eigenvalue weighted by molar-refractivity contribution is 5.22. The zero-order valence-corrected chi connectivity index (χ0v) is 9.65. The molecule has 2 aromatic rings. The first-order valence-corrected chi connectivity index (χ1v) is 5.48. The molecule has 1 heterocycles. The van der Waals surface area contributed by atoms with Crippen molar-refractivity contribution < 1.29 is 9.13 Å². The van der Waals surface area contributed by atoms with Crippen LogP contribution in [0.25, 0.3) is 0 Å². The molecule has 94 valence electrons. The minimum atomic E-state index is -0.354. The van der Waals surface area contributed by atoms with Gasteiger partial charge >= 0.3 is 0 Å². The molecule has 0 amide bonds. The fraction of sp³-hybridized carbons (Fsp3) is 0.154. The second kappa shape index (κ2) is 5.46. The zero-order valence-electron chi connectivity index (χ0n) is 9.65. The van der Waals surface area contributed by atoms with Crippen LogP contribution in [0.15, 0.2) is 41.3 Å². The molecule has 1 aromatic carbocycles. The number of benzene rings is 1. The topological polar surface area (TPSA) is 68.1 Å². The lowest BCUT2D eigenvalue weighted by molar-refractivity contribution is 0.295. The van der Waals surface area contributed by atoms with Crippen LogP contribution in [0.2, 0.25) is 0 Å². The van der Waals surface area contributed by atoms with E-state index >= 15 is 0 Å². The van der Waals surface area contributed by atoms with Crippen molar-refractivity contribution in [1.82, 2.24) is 4.98 Å². The summed E-state index contributed by atoms with van der Waals surface area (Å²) in [4.78, 5) is 14.4. The van der Waals surface area contributed by atoms with Crippen LogP contribution in [0.4, 0.5) is 4.39 Å². The van der Waals surface area contributed by atoms with E-state index < -0.39 is 0 Å². The molecule has 0 spiro atoms. The van der Waals surface area contributed by atoms with Crippen LogP contribution in [0.3, 0.4) is 0 Å². The highest BCUT2D eigenvalue weighted by atomic mass is 19.1. The van der Waals surface area contributed by atoms with Crippen molar-refractivity contribution in [3.8, 4) is 5.75 Å². The Balaban J connectivity index is 2.11. The van der Waals surface area contributed by atoms with E-state index in [4.69, 9.17) is 10.5 Å². The Kier molecular flexibility index (Phi) is 3.74. The molecule has 0 fully saturated rings. The Morgan fingerprint density at radius 2 is 2.11 bits per heavy atom. The quantitative estimate of drug-likeness (QED) is 0.862. The summed E-state index contributed by atoms with van der Waals surface area (Å²) in [6, 6.07) is 7.64. The van der Waals surface area contributed by atoms with E-state index in [-0.39, 0.29) is 30.1 Å². The Morgan fingerprint density at radius 1 is 1.33 bits per heavy atom. The largest absolute Gasteiger partial charge is 0.483 e. The number of H-pyrrole nitrogens is 1. The van der Waals surface area contributed by atoms with Crippen LogP contribution in [0.5, 0.6) is 5.75 Å². The summed E-state index contributed by atoms with van der Waals surface area (Å²) in [5.74, 6) is -0.206. The molecule has 0 radical (unpaired) electrons. The van der Waals surface area contributed by atoms with E-state index in [9.17, 15) is 9.18 Å². The highest BCUT2D eigenvalue weighted by Crippen LogP contribution is 2.10. The molecular weight excluding hydrogens is 235 g/mol. The molecule has 2 rings (SSSR count). The van der Waals surface area contributed by atoms with Gasteiger partial charge in [0, 0.05) is 30.1 Å². The van der Waals surface area contributed by atoms with Crippen LogP contribution >= 0.6 is 0 Å². The van der Waals surface area contributed by atoms with Crippen LogP contribution in [-0.2, 0) is 13.2 Å². The molecule has 0 aliphatic rings. The molecule has 3 N–H and O–H groups in total. The summed E-state index contributed by atoms with van der Waals surface area (Å²) in [7, 11) is 0. The third-order valence-electron chi connectivity index (χ3n) is 2.50. The minimum absolute atomic E-state index is 0.0116. The van der Waals surface area contributed by atoms with Gasteiger partial charge in [-0.15, -0.1) is 0 Å². The molecule has 1 aromatic heterocycles. The van der Waals surface area contributed by atoms with E-state index in [1.54, 1.807) is 18.2 Å². The van der Waals surface area contributed by atoms with Crippen molar-refractivity contribution in [2.24, 2.45) is 5.73 Å². The first-order chi connectivity index (χ1) is 8.70. The van der Waals surface area contributed by atoms with Crippen LogP contribution in [-0.4, -0.2) is 4.98 Å². The van der Waals surface area contributed by atoms with E-state index in [0.29, 0.717) is 11.3 Å². The van der Waals surface area contributed by atoms with E-state index in [1.807, 2.05) is 0 Å². The molecule has 0 saturated heterocycles. The maximum Gasteiger partial charge on any atom is 0.223 e. The van der Waals surface area contributed by atoms with E-state index in [2.05, 4.69) is 4.98 Å². The average molecular weight is 248 g/mol. The molecular formula is C13H13FN2O2. The molecule has 5 heteroatoms. The first-order valence-electron chi connectivity index (χ1n) is 5.48. The fourth-order valence-electron chi connectivity index (χ4n) is 1.50.